The van der Waals surface area contributed by atoms with Gasteiger partial charge in [-0.15, -0.1) is 5.53 Å². The number of nitrogens with one attached hydrogen (secondary N) is 1. The molecule has 9 nitrogen and oxygen atoms in total. The highest BCUT2D eigenvalue weighted by Gasteiger charge is 2.32. The molecule has 0 aliphatic carbocycles. The van der Waals surface area contributed by atoms with Crippen LogP contribution in [-0.4, -0.2) is 49.7 Å². The number of methoxy groups -OCH3 is 2. The van der Waals surface area contributed by atoms with Gasteiger partial charge < -0.3 is 19.5 Å². The molecule has 0 radical (unpaired) electrons. The van der Waals surface area contributed by atoms with E-state index in [9.17, 15) is 9.59 Å². The number of benzene rings is 3. The molecular weight excluding hydrogens is 508 g/mol. The molecule has 0 unspecified atom stereocenters. The number of rotatable bonds is 7. The van der Waals surface area contributed by atoms with Crippen LogP contribution in [0.25, 0.3) is 0 Å². The Morgan fingerprint density at radius 3 is 2.55 bits per heavy atom. The number of carboxylic acids is 1. The fourth-order valence-electron chi connectivity index (χ4n) is 5.10. The lowest BCUT2D eigenvalue weighted by molar-refractivity contribution is -0.136. The highest BCUT2D eigenvalue weighted by Crippen LogP contribution is 2.46. The number of hydrogen-bond acceptors (Lipinski definition) is 7. The maximum Gasteiger partial charge on any atom is 0.303 e. The van der Waals surface area contributed by atoms with Crippen LogP contribution >= 0.6 is 11.6 Å². The van der Waals surface area contributed by atoms with Gasteiger partial charge in [0.1, 0.15) is 17.2 Å². The van der Waals surface area contributed by atoms with E-state index >= 15 is 0 Å². The van der Waals surface area contributed by atoms with Gasteiger partial charge in [-0.05, 0) is 65.9 Å². The van der Waals surface area contributed by atoms with Crippen LogP contribution in [0.3, 0.4) is 0 Å². The molecule has 0 bridgehead atoms. The summed E-state index contributed by atoms with van der Waals surface area (Å²) in [6.07, 6.45) is 1.11. The van der Waals surface area contributed by atoms with Crippen LogP contribution in [0, 0.1) is 0 Å². The van der Waals surface area contributed by atoms with Crippen molar-refractivity contribution in [1.29, 1.82) is 0 Å². The molecule has 0 fully saturated rings. The van der Waals surface area contributed by atoms with E-state index in [4.69, 9.17) is 26.2 Å². The normalized spacial score (nSPS) is 14.3. The smallest absolute Gasteiger partial charge is 0.303 e. The Morgan fingerprint density at radius 2 is 1.84 bits per heavy atom. The predicted octanol–water partition coefficient (Wildman–Crippen LogP) is 4.58. The predicted molar refractivity (Wildman–Crippen MR) is 146 cm³/mol. The topological polar surface area (TPSA) is 94.6 Å². The van der Waals surface area contributed by atoms with Gasteiger partial charge in [-0.3, -0.25) is 19.6 Å². The summed E-state index contributed by atoms with van der Waals surface area (Å²) in [7, 11) is 5.06. The van der Waals surface area contributed by atoms with Crippen LogP contribution in [0.2, 0.25) is 5.02 Å². The standard InChI is InChI=1S/C28H29ClN4O5/c1-31-27-23(13-17(7-10-26(34)35)14-25(27)38-3)33(30-31)22-6-4-5-19-16-32(12-11-20(19)22)28(36)18-8-9-24(37-2)21(29)15-18/h4-6,8-9,13-15,30H,7,10-12,16H2,1-3H3,(H,34,35). The molecule has 2 heterocycles. The molecule has 10 heteroatoms. The van der Waals surface area contributed by atoms with Gasteiger partial charge in [-0.25, -0.2) is 0 Å². The minimum absolute atomic E-state index is 0.0369. The number of carboxylic acid groups (broad SMARTS) is 1. The van der Waals surface area contributed by atoms with Gasteiger partial charge in [0.15, 0.2) is 0 Å². The highest BCUT2D eigenvalue weighted by atomic mass is 35.5. The lowest BCUT2D eigenvalue weighted by atomic mass is 9.96. The van der Waals surface area contributed by atoms with Crippen LogP contribution in [0.5, 0.6) is 11.5 Å². The second kappa shape index (κ2) is 10.4. The molecule has 3 aromatic rings. The van der Waals surface area contributed by atoms with Crippen molar-refractivity contribution in [2.75, 3.05) is 37.8 Å². The fourth-order valence-corrected chi connectivity index (χ4v) is 5.36. The molecule has 3 aromatic carbocycles. The van der Waals surface area contributed by atoms with E-state index in [1.165, 1.54) is 0 Å². The molecule has 2 N–H and O–H groups in total. The molecule has 0 spiro atoms. The van der Waals surface area contributed by atoms with Gasteiger partial charge >= 0.3 is 5.97 Å². The number of nitrogens with zero attached hydrogens (tertiary/aromatic N) is 3. The van der Waals surface area contributed by atoms with Crippen LogP contribution in [0.4, 0.5) is 17.1 Å². The summed E-state index contributed by atoms with van der Waals surface area (Å²) in [5.74, 6) is 0.274. The molecule has 0 aromatic heterocycles. The molecule has 0 saturated carbocycles. The summed E-state index contributed by atoms with van der Waals surface area (Å²) in [6.45, 7) is 1.04. The number of carbonyl (C=O) groups is 2. The molecule has 198 valence electrons. The number of hydrazine groups is 2. The first-order valence-corrected chi connectivity index (χ1v) is 12.6. The molecule has 5 rings (SSSR count). The molecule has 38 heavy (non-hydrogen) atoms. The van der Waals surface area contributed by atoms with Crippen LogP contribution < -0.4 is 25.0 Å². The van der Waals surface area contributed by atoms with Crippen molar-refractivity contribution in [2.24, 2.45) is 0 Å². The van der Waals surface area contributed by atoms with Crippen molar-refractivity contribution in [3.8, 4) is 11.5 Å². The number of fused-ring (bicyclic) bond motifs is 2. The average Bonchev–Trinajstić information content (AvgIpc) is 3.26. The first-order chi connectivity index (χ1) is 18.3. The summed E-state index contributed by atoms with van der Waals surface area (Å²) in [4.78, 5) is 26.3. The Morgan fingerprint density at radius 1 is 1.05 bits per heavy atom. The van der Waals surface area contributed by atoms with Crippen molar-refractivity contribution >= 4 is 40.5 Å². The van der Waals surface area contributed by atoms with Crippen LogP contribution in [0.1, 0.15) is 33.5 Å². The number of ether oxygens (including phenoxy) is 2. The third-order valence-electron chi connectivity index (χ3n) is 6.96. The van der Waals surface area contributed by atoms with Crippen molar-refractivity contribution in [1.82, 2.24) is 10.4 Å². The summed E-state index contributed by atoms with van der Waals surface area (Å²) in [5.41, 5.74) is 9.73. The Hall–Kier alpha value is -3.95. The van der Waals surface area contributed by atoms with Gasteiger partial charge in [0, 0.05) is 32.1 Å². The van der Waals surface area contributed by atoms with Gasteiger partial charge in [0.2, 0.25) is 0 Å². The zero-order valence-electron chi connectivity index (χ0n) is 21.5. The summed E-state index contributed by atoms with van der Waals surface area (Å²) < 4.78 is 10.9. The van der Waals surface area contributed by atoms with Crippen molar-refractivity contribution < 1.29 is 24.2 Å². The van der Waals surface area contributed by atoms with E-state index in [-0.39, 0.29) is 12.3 Å². The maximum atomic E-state index is 13.3. The van der Waals surface area contributed by atoms with Crippen molar-refractivity contribution in [3.05, 3.63) is 75.8 Å². The maximum absolute atomic E-state index is 13.3. The lowest BCUT2D eigenvalue weighted by Crippen LogP contribution is -2.41. The number of carbonyl (C=O) groups excluding carboxylic acids is 1. The van der Waals surface area contributed by atoms with E-state index in [1.807, 2.05) is 52.3 Å². The van der Waals surface area contributed by atoms with Crippen LogP contribution in [0.15, 0.2) is 48.5 Å². The van der Waals surface area contributed by atoms with Gasteiger partial charge in [0.05, 0.1) is 30.6 Å². The van der Waals surface area contributed by atoms with Gasteiger partial charge in [0.25, 0.3) is 5.91 Å². The first-order valence-electron chi connectivity index (χ1n) is 12.3. The van der Waals surface area contributed by atoms with Crippen molar-refractivity contribution in [3.63, 3.8) is 0 Å². The Kier molecular flexibility index (Phi) is 7.05. The molecule has 0 saturated heterocycles. The molecule has 2 aliphatic heterocycles. The zero-order valence-corrected chi connectivity index (χ0v) is 22.2. The third-order valence-corrected chi connectivity index (χ3v) is 7.25. The number of aryl methyl sites for hydroxylation is 1. The van der Waals surface area contributed by atoms with E-state index in [1.54, 1.807) is 32.4 Å². The quantitative estimate of drug-likeness (QED) is 0.453. The SMILES string of the molecule is COc1ccc(C(=O)N2CCc3c(cccc3N3NN(C)c4c(OC)cc(CCC(=O)O)cc43)C2)cc1Cl. The Labute approximate surface area is 226 Å². The number of amides is 1. The average molecular weight is 537 g/mol. The number of halogens is 1. The minimum Gasteiger partial charge on any atom is -0.495 e. The monoisotopic (exact) mass is 536 g/mol. The van der Waals surface area contributed by atoms with E-state index in [0.29, 0.717) is 48.0 Å². The zero-order chi connectivity index (χ0) is 27.0. The van der Waals surface area contributed by atoms with Crippen molar-refractivity contribution in [2.45, 2.75) is 25.8 Å². The van der Waals surface area contributed by atoms with E-state index < -0.39 is 5.97 Å². The highest BCUT2D eigenvalue weighted by molar-refractivity contribution is 6.32. The number of aliphatic carboxylic acids is 1. The van der Waals surface area contributed by atoms with Gasteiger partial charge in [-0.1, -0.05) is 23.7 Å². The first kappa shape index (κ1) is 25.7. The minimum atomic E-state index is -0.843. The summed E-state index contributed by atoms with van der Waals surface area (Å²) in [6, 6.07) is 15.0. The Bertz CT molecular complexity index is 1410. The second-order valence-corrected chi connectivity index (χ2v) is 9.70. The third kappa shape index (κ3) is 4.70. The molecular formula is C28H29ClN4O5. The number of anilines is 3. The van der Waals surface area contributed by atoms with E-state index in [0.717, 1.165) is 33.8 Å². The molecule has 1 amide bonds. The molecule has 0 atom stereocenters. The lowest BCUT2D eigenvalue weighted by Gasteiger charge is -2.32. The molecule has 2 aliphatic rings. The van der Waals surface area contributed by atoms with Gasteiger partial charge in [-0.2, -0.15) is 0 Å². The second-order valence-electron chi connectivity index (χ2n) is 9.29. The number of hydrogen-bond donors (Lipinski definition) is 2. The summed E-state index contributed by atoms with van der Waals surface area (Å²) >= 11 is 6.26. The summed E-state index contributed by atoms with van der Waals surface area (Å²) in [5, 5.41) is 13.5. The fraction of sp³-hybridized carbons (Fsp3) is 0.286. The van der Waals surface area contributed by atoms with Crippen LogP contribution in [-0.2, 0) is 24.2 Å². The van der Waals surface area contributed by atoms with E-state index in [2.05, 4.69) is 5.53 Å². The largest absolute Gasteiger partial charge is 0.495 e. The Balaban J connectivity index is 1.45.